The van der Waals surface area contributed by atoms with Gasteiger partial charge in [-0.05, 0) is 31.2 Å². The van der Waals surface area contributed by atoms with Crippen molar-refractivity contribution in [2.24, 2.45) is 0 Å². The second-order valence-electron chi connectivity index (χ2n) is 6.33. The number of aromatic nitrogens is 1. The van der Waals surface area contributed by atoms with Gasteiger partial charge in [0, 0.05) is 30.3 Å². The van der Waals surface area contributed by atoms with E-state index in [2.05, 4.69) is 10.3 Å². The second-order valence-corrected chi connectivity index (χ2v) is 8.34. The highest BCUT2D eigenvalue weighted by Gasteiger charge is 2.10. The fraction of sp³-hybridized carbons (Fsp3) is 0.200. The Kier molecular flexibility index (Phi) is 5.41. The number of oxazole rings is 1. The Balaban J connectivity index is 1.56. The number of nitrogens with zero attached hydrogens (tertiary/aromatic N) is 1. The Labute approximate surface area is 158 Å². The molecule has 0 saturated heterocycles. The molecule has 1 amide bonds. The van der Waals surface area contributed by atoms with E-state index in [1.165, 1.54) is 17.7 Å². The zero-order chi connectivity index (χ0) is 19.4. The third-order valence-corrected chi connectivity index (χ3v) is 5.15. The van der Waals surface area contributed by atoms with Crippen molar-refractivity contribution in [1.29, 1.82) is 0 Å². The van der Waals surface area contributed by atoms with Gasteiger partial charge in [0.25, 0.3) is 0 Å². The molecule has 7 heteroatoms. The third kappa shape index (κ3) is 5.04. The lowest BCUT2D eigenvalue weighted by molar-refractivity contribution is -0.116. The SMILES string of the molecule is Cc1ccc(-c2cnc(CCC(=O)Nc3ccc(S(C)(=O)=O)cc3)o2)cc1. The lowest BCUT2D eigenvalue weighted by Gasteiger charge is -2.05. The van der Waals surface area contributed by atoms with Gasteiger partial charge in [-0.1, -0.05) is 29.8 Å². The first-order valence-corrected chi connectivity index (χ1v) is 10.3. The van der Waals surface area contributed by atoms with Gasteiger partial charge in [0.05, 0.1) is 11.1 Å². The minimum absolute atomic E-state index is 0.197. The molecular weight excluding hydrogens is 364 g/mol. The highest BCUT2D eigenvalue weighted by atomic mass is 32.2. The van der Waals surface area contributed by atoms with E-state index in [0.29, 0.717) is 23.8 Å². The van der Waals surface area contributed by atoms with Crippen molar-refractivity contribution in [3.05, 3.63) is 66.2 Å². The number of aryl methyl sites for hydroxylation is 2. The summed E-state index contributed by atoms with van der Waals surface area (Å²) in [4.78, 5) is 16.5. The smallest absolute Gasteiger partial charge is 0.224 e. The van der Waals surface area contributed by atoms with Crippen LogP contribution in [0.5, 0.6) is 0 Å². The van der Waals surface area contributed by atoms with Gasteiger partial charge in [-0.2, -0.15) is 0 Å². The first-order valence-electron chi connectivity index (χ1n) is 8.43. The van der Waals surface area contributed by atoms with Crippen molar-refractivity contribution >= 4 is 21.4 Å². The van der Waals surface area contributed by atoms with Crippen LogP contribution in [0.4, 0.5) is 5.69 Å². The van der Waals surface area contributed by atoms with Crippen LogP contribution in [0.15, 0.2) is 64.0 Å². The number of sulfone groups is 1. The number of hydrogen-bond acceptors (Lipinski definition) is 5. The van der Waals surface area contributed by atoms with Crippen LogP contribution in [-0.4, -0.2) is 25.6 Å². The van der Waals surface area contributed by atoms with Crippen LogP contribution >= 0.6 is 0 Å². The molecule has 2 aromatic carbocycles. The molecule has 1 heterocycles. The van der Waals surface area contributed by atoms with E-state index in [4.69, 9.17) is 4.42 Å². The topological polar surface area (TPSA) is 89.3 Å². The fourth-order valence-electron chi connectivity index (χ4n) is 2.51. The number of rotatable bonds is 6. The molecule has 0 atom stereocenters. The summed E-state index contributed by atoms with van der Waals surface area (Å²) in [6.07, 6.45) is 3.38. The number of hydrogen-bond donors (Lipinski definition) is 1. The maximum Gasteiger partial charge on any atom is 0.224 e. The Morgan fingerprint density at radius 2 is 1.74 bits per heavy atom. The van der Waals surface area contributed by atoms with E-state index in [9.17, 15) is 13.2 Å². The van der Waals surface area contributed by atoms with Crippen molar-refractivity contribution in [1.82, 2.24) is 4.98 Å². The zero-order valence-electron chi connectivity index (χ0n) is 15.1. The van der Waals surface area contributed by atoms with Crippen LogP contribution in [0.25, 0.3) is 11.3 Å². The lowest BCUT2D eigenvalue weighted by Crippen LogP contribution is -2.12. The quantitative estimate of drug-likeness (QED) is 0.701. The molecule has 0 aliphatic rings. The van der Waals surface area contributed by atoms with Crippen molar-refractivity contribution in [3.63, 3.8) is 0 Å². The minimum Gasteiger partial charge on any atom is -0.441 e. The average molecular weight is 384 g/mol. The van der Waals surface area contributed by atoms with Gasteiger partial charge >= 0.3 is 0 Å². The van der Waals surface area contributed by atoms with Crippen LogP contribution in [0.3, 0.4) is 0 Å². The standard InChI is InChI=1S/C20H20N2O4S/c1-14-3-5-15(6-4-14)18-13-21-20(26-18)12-11-19(23)22-16-7-9-17(10-8-16)27(2,24)25/h3-10,13H,11-12H2,1-2H3,(H,22,23). The number of carbonyl (C=O) groups excluding carboxylic acids is 1. The van der Waals surface area contributed by atoms with Gasteiger partial charge in [-0.15, -0.1) is 0 Å². The molecule has 0 unspecified atom stereocenters. The summed E-state index contributed by atoms with van der Waals surface area (Å²) in [6.45, 7) is 2.02. The normalized spacial score (nSPS) is 11.3. The average Bonchev–Trinajstić information content (AvgIpc) is 3.09. The third-order valence-electron chi connectivity index (χ3n) is 4.02. The van der Waals surface area contributed by atoms with Gasteiger partial charge in [-0.3, -0.25) is 4.79 Å². The molecule has 0 fully saturated rings. The monoisotopic (exact) mass is 384 g/mol. The highest BCUT2D eigenvalue weighted by molar-refractivity contribution is 7.90. The molecule has 140 valence electrons. The van der Waals surface area contributed by atoms with E-state index >= 15 is 0 Å². The number of amides is 1. The Morgan fingerprint density at radius 1 is 1.07 bits per heavy atom. The molecule has 1 N–H and O–H groups in total. The summed E-state index contributed by atoms with van der Waals surface area (Å²) in [5.41, 5.74) is 2.65. The summed E-state index contributed by atoms with van der Waals surface area (Å²) in [5.74, 6) is 0.965. The maximum atomic E-state index is 12.1. The summed E-state index contributed by atoms with van der Waals surface area (Å²) in [7, 11) is -3.25. The van der Waals surface area contributed by atoms with E-state index in [-0.39, 0.29) is 17.2 Å². The van der Waals surface area contributed by atoms with E-state index in [0.717, 1.165) is 11.8 Å². The van der Waals surface area contributed by atoms with Crippen LogP contribution in [0, 0.1) is 6.92 Å². The summed E-state index contributed by atoms with van der Waals surface area (Å²) in [5, 5.41) is 2.73. The largest absolute Gasteiger partial charge is 0.441 e. The number of anilines is 1. The molecule has 0 saturated carbocycles. The first-order chi connectivity index (χ1) is 12.8. The molecule has 3 aromatic rings. The fourth-order valence-corrected chi connectivity index (χ4v) is 3.14. The van der Waals surface area contributed by atoms with Gasteiger partial charge < -0.3 is 9.73 Å². The molecule has 6 nitrogen and oxygen atoms in total. The number of nitrogens with one attached hydrogen (secondary N) is 1. The Morgan fingerprint density at radius 3 is 2.37 bits per heavy atom. The van der Waals surface area contributed by atoms with Crippen LogP contribution in [-0.2, 0) is 21.1 Å². The second kappa shape index (κ2) is 7.75. The maximum absolute atomic E-state index is 12.1. The molecule has 0 bridgehead atoms. The molecule has 0 radical (unpaired) electrons. The van der Waals surface area contributed by atoms with Crippen molar-refractivity contribution in [2.45, 2.75) is 24.7 Å². The molecular formula is C20H20N2O4S. The zero-order valence-corrected chi connectivity index (χ0v) is 15.9. The van der Waals surface area contributed by atoms with Crippen molar-refractivity contribution < 1.29 is 17.6 Å². The molecule has 0 spiro atoms. The van der Waals surface area contributed by atoms with Crippen molar-refractivity contribution in [3.8, 4) is 11.3 Å². The van der Waals surface area contributed by atoms with Gasteiger partial charge in [-0.25, -0.2) is 13.4 Å². The number of benzene rings is 2. The van der Waals surface area contributed by atoms with E-state index in [1.807, 2.05) is 31.2 Å². The van der Waals surface area contributed by atoms with Crippen molar-refractivity contribution in [2.75, 3.05) is 11.6 Å². The molecule has 27 heavy (non-hydrogen) atoms. The van der Waals surface area contributed by atoms with Crippen LogP contribution in [0.1, 0.15) is 17.9 Å². The highest BCUT2D eigenvalue weighted by Crippen LogP contribution is 2.21. The predicted molar refractivity (Wildman–Crippen MR) is 103 cm³/mol. The summed E-state index contributed by atoms with van der Waals surface area (Å²) >= 11 is 0. The minimum atomic E-state index is -3.25. The first kappa shape index (κ1) is 18.8. The number of carbonyl (C=O) groups is 1. The van der Waals surface area contributed by atoms with E-state index in [1.54, 1.807) is 18.3 Å². The van der Waals surface area contributed by atoms with E-state index < -0.39 is 9.84 Å². The lowest BCUT2D eigenvalue weighted by atomic mass is 10.1. The predicted octanol–water partition coefficient (Wildman–Crippen LogP) is 3.62. The Hall–Kier alpha value is -2.93. The van der Waals surface area contributed by atoms with Gasteiger partial charge in [0.1, 0.15) is 0 Å². The van der Waals surface area contributed by atoms with Gasteiger partial charge in [0.2, 0.25) is 5.91 Å². The van der Waals surface area contributed by atoms with Crippen LogP contribution < -0.4 is 5.32 Å². The Bertz CT molecular complexity index is 1040. The van der Waals surface area contributed by atoms with Crippen LogP contribution in [0.2, 0.25) is 0 Å². The molecule has 3 rings (SSSR count). The summed E-state index contributed by atoms with van der Waals surface area (Å²) in [6, 6.07) is 14.0. The molecule has 0 aliphatic carbocycles. The summed E-state index contributed by atoms with van der Waals surface area (Å²) < 4.78 is 28.6. The molecule has 0 aliphatic heterocycles. The molecule has 1 aromatic heterocycles. The van der Waals surface area contributed by atoms with Gasteiger partial charge in [0.15, 0.2) is 21.5 Å².